The van der Waals surface area contributed by atoms with E-state index in [0.29, 0.717) is 6.61 Å². The molecular weight excluding hydrogens is 405 g/mol. The van der Waals surface area contributed by atoms with Crippen LogP contribution >= 0.6 is 22.6 Å². The number of hydrogen-bond donors (Lipinski definition) is 1. The number of carbonyl (C=O) groups excluding carboxylic acids is 1. The molecule has 5 heteroatoms. The van der Waals surface area contributed by atoms with E-state index in [0.717, 1.165) is 20.6 Å². The van der Waals surface area contributed by atoms with Gasteiger partial charge in [-0.05, 0) is 71.8 Å². The van der Waals surface area contributed by atoms with Gasteiger partial charge < -0.3 is 14.8 Å². The molecule has 1 unspecified atom stereocenters. The Hall–Kier alpha value is -1.60. The molecule has 0 spiro atoms. The van der Waals surface area contributed by atoms with Crippen LogP contribution in [0.15, 0.2) is 42.5 Å². The zero-order valence-corrected chi connectivity index (χ0v) is 15.6. The highest BCUT2D eigenvalue weighted by Crippen LogP contribution is 2.18. The van der Waals surface area contributed by atoms with Crippen LogP contribution in [0.25, 0.3) is 0 Å². The van der Waals surface area contributed by atoms with E-state index in [1.165, 1.54) is 5.56 Å². The largest absolute Gasteiger partial charge is 0.497 e. The zero-order valence-electron chi connectivity index (χ0n) is 13.4. The molecule has 0 saturated carbocycles. The lowest BCUT2D eigenvalue weighted by Gasteiger charge is -2.14. The summed E-state index contributed by atoms with van der Waals surface area (Å²) in [6.07, 6.45) is -0.542. The number of methoxy groups -OCH3 is 1. The number of halogens is 1. The predicted octanol–water partition coefficient (Wildman–Crippen LogP) is 4.15. The molecule has 2 aromatic rings. The third-order valence-corrected chi connectivity index (χ3v) is 4.60. The van der Waals surface area contributed by atoms with E-state index in [2.05, 4.69) is 27.9 Å². The quantitative estimate of drug-likeness (QED) is 0.708. The minimum absolute atomic E-state index is 0.160. The Morgan fingerprint density at radius 3 is 2.74 bits per heavy atom. The number of hydrogen-bond acceptors (Lipinski definition) is 3. The van der Waals surface area contributed by atoms with E-state index >= 15 is 0 Å². The van der Waals surface area contributed by atoms with Crippen molar-refractivity contribution < 1.29 is 14.3 Å². The van der Waals surface area contributed by atoms with Crippen LogP contribution in [-0.4, -0.2) is 19.1 Å². The van der Waals surface area contributed by atoms with Gasteiger partial charge in [0.05, 0.1) is 13.7 Å². The Morgan fingerprint density at radius 1 is 1.26 bits per heavy atom. The summed E-state index contributed by atoms with van der Waals surface area (Å²) >= 11 is 2.25. The van der Waals surface area contributed by atoms with Crippen molar-refractivity contribution in [2.24, 2.45) is 0 Å². The number of anilines is 1. The van der Waals surface area contributed by atoms with Crippen molar-refractivity contribution in [1.29, 1.82) is 0 Å². The lowest BCUT2D eigenvalue weighted by molar-refractivity contribution is -0.127. The van der Waals surface area contributed by atoms with Crippen LogP contribution in [0.3, 0.4) is 0 Å². The number of nitrogens with one attached hydrogen (secondary N) is 1. The Bertz CT molecular complexity index is 688. The number of rotatable bonds is 6. The van der Waals surface area contributed by atoms with Crippen LogP contribution in [0.4, 0.5) is 5.69 Å². The highest BCUT2D eigenvalue weighted by atomic mass is 127. The molecular formula is C18H20INO3. The van der Waals surface area contributed by atoms with Gasteiger partial charge in [0.1, 0.15) is 11.9 Å². The van der Waals surface area contributed by atoms with E-state index < -0.39 is 6.10 Å². The summed E-state index contributed by atoms with van der Waals surface area (Å²) in [5.74, 6) is 0.616. The molecule has 2 aromatic carbocycles. The van der Waals surface area contributed by atoms with E-state index in [4.69, 9.17) is 9.47 Å². The number of amides is 1. The Labute approximate surface area is 150 Å². The van der Waals surface area contributed by atoms with E-state index in [9.17, 15) is 4.79 Å². The van der Waals surface area contributed by atoms with Crippen LogP contribution < -0.4 is 10.1 Å². The van der Waals surface area contributed by atoms with Crippen molar-refractivity contribution in [1.82, 2.24) is 0 Å². The molecule has 0 saturated heterocycles. The first kappa shape index (κ1) is 17.7. The molecule has 0 bridgehead atoms. The van der Waals surface area contributed by atoms with Gasteiger partial charge in [-0.2, -0.15) is 0 Å². The fraction of sp³-hybridized carbons (Fsp3) is 0.278. The van der Waals surface area contributed by atoms with Crippen LogP contribution in [-0.2, 0) is 16.1 Å². The topological polar surface area (TPSA) is 47.6 Å². The highest BCUT2D eigenvalue weighted by molar-refractivity contribution is 14.1. The van der Waals surface area contributed by atoms with Crippen LogP contribution in [0.5, 0.6) is 5.75 Å². The zero-order chi connectivity index (χ0) is 16.8. The standard InChI is InChI=1S/C18H20INO3/c1-12-7-8-15(10-17(12)19)20-18(21)13(2)23-11-14-5-4-6-16(9-14)22-3/h4-10,13H,11H2,1-3H3,(H,20,21). The van der Waals surface area contributed by atoms with Gasteiger partial charge in [0, 0.05) is 9.26 Å². The fourth-order valence-electron chi connectivity index (χ4n) is 1.97. The third-order valence-electron chi connectivity index (χ3n) is 3.44. The van der Waals surface area contributed by atoms with Crippen molar-refractivity contribution in [2.75, 3.05) is 12.4 Å². The van der Waals surface area contributed by atoms with Gasteiger partial charge in [-0.3, -0.25) is 4.79 Å². The lowest BCUT2D eigenvalue weighted by atomic mass is 10.2. The van der Waals surface area contributed by atoms with Crippen molar-refractivity contribution in [3.05, 3.63) is 57.2 Å². The fourth-order valence-corrected chi connectivity index (χ4v) is 2.49. The summed E-state index contributed by atoms with van der Waals surface area (Å²) in [4.78, 5) is 12.2. The molecule has 0 aliphatic heterocycles. The second kappa shape index (κ2) is 8.31. The smallest absolute Gasteiger partial charge is 0.253 e. The third kappa shape index (κ3) is 5.21. The Morgan fingerprint density at radius 2 is 2.04 bits per heavy atom. The van der Waals surface area contributed by atoms with Gasteiger partial charge in [0.15, 0.2) is 0 Å². The molecule has 0 aliphatic carbocycles. The number of ether oxygens (including phenoxy) is 2. The molecule has 23 heavy (non-hydrogen) atoms. The maximum Gasteiger partial charge on any atom is 0.253 e. The summed E-state index contributed by atoms with van der Waals surface area (Å²) in [5, 5.41) is 2.88. The lowest BCUT2D eigenvalue weighted by Crippen LogP contribution is -2.27. The van der Waals surface area contributed by atoms with Gasteiger partial charge in [0.25, 0.3) is 5.91 Å². The minimum Gasteiger partial charge on any atom is -0.497 e. The summed E-state index contributed by atoms with van der Waals surface area (Å²) in [5.41, 5.74) is 2.93. The van der Waals surface area contributed by atoms with Crippen LogP contribution in [0, 0.1) is 10.5 Å². The molecule has 1 atom stereocenters. The van der Waals surface area contributed by atoms with Gasteiger partial charge in [0.2, 0.25) is 0 Å². The molecule has 1 amide bonds. The maximum atomic E-state index is 12.2. The van der Waals surface area contributed by atoms with Gasteiger partial charge in [-0.1, -0.05) is 18.2 Å². The molecule has 1 N–H and O–H groups in total. The minimum atomic E-state index is -0.542. The van der Waals surface area contributed by atoms with Crippen molar-refractivity contribution >= 4 is 34.2 Å². The van der Waals surface area contributed by atoms with Gasteiger partial charge >= 0.3 is 0 Å². The molecule has 0 heterocycles. The molecule has 0 radical (unpaired) electrons. The first-order valence-corrected chi connectivity index (χ1v) is 8.39. The van der Waals surface area contributed by atoms with E-state index in [1.54, 1.807) is 14.0 Å². The second-order valence-electron chi connectivity index (χ2n) is 5.26. The Kier molecular flexibility index (Phi) is 6.41. The first-order valence-electron chi connectivity index (χ1n) is 7.31. The normalized spacial score (nSPS) is 11.8. The summed E-state index contributed by atoms with van der Waals surface area (Å²) < 4.78 is 11.9. The number of aryl methyl sites for hydroxylation is 1. The Balaban J connectivity index is 1.90. The van der Waals surface area contributed by atoms with Crippen molar-refractivity contribution in [3.8, 4) is 5.75 Å². The highest BCUT2D eigenvalue weighted by Gasteiger charge is 2.14. The predicted molar refractivity (Wildman–Crippen MR) is 99.8 cm³/mol. The summed E-state index contributed by atoms with van der Waals surface area (Å²) in [6, 6.07) is 13.4. The first-order chi connectivity index (χ1) is 11.0. The van der Waals surface area contributed by atoms with Gasteiger partial charge in [-0.25, -0.2) is 0 Å². The SMILES string of the molecule is COc1cccc(COC(C)C(=O)Nc2ccc(C)c(I)c2)c1. The molecule has 122 valence electrons. The monoisotopic (exact) mass is 425 g/mol. The average molecular weight is 425 g/mol. The summed E-state index contributed by atoms with van der Waals surface area (Å²) in [7, 11) is 1.62. The van der Waals surface area contributed by atoms with E-state index in [-0.39, 0.29) is 5.91 Å². The molecule has 4 nitrogen and oxygen atoms in total. The molecule has 2 rings (SSSR count). The van der Waals surface area contributed by atoms with Gasteiger partial charge in [-0.15, -0.1) is 0 Å². The van der Waals surface area contributed by atoms with Crippen molar-refractivity contribution in [2.45, 2.75) is 26.6 Å². The van der Waals surface area contributed by atoms with E-state index in [1.807, 2.05) is 49.4 Å². The molecule has 0 aliphatic rings. The molecule has 0 fully saturated rings. The average Bonchev–Trinajstić information content (AvgIpc) is 2.56. The van der Waals surface area contributed by atoms with Crippen molar-refractivity contribution in [3.63, 3.8) is 0 Å². The van der Waals surface area contributed by atoms with Crippen LogP contribution in [0.1, 0.15) is 18.1 Å². The number of carbonyl (C=O) groups is 1. The number of benzene rings is 2. The van der Waals surface area contributed by atoms with Crippen LogP contribution in [0.2, 0.25) is 0 Å². The summed E-state index contributed by atoms with van der Waals surface area (Å²) in [6.45, 7) is 4.14. The molecule has 0 aromatic heterocycles. The second-order valence-corrected chi connectivity index (χ2v) is 6.42. The maximum absolute atomic E-state index is 12.2.